The number of phenols is 1. The number of nitrogens with zero attached hydrogens (tertiary/aromatic N) is 4. The van der Waals surface area contributed by atoms with Crippen molar-refractivity contribution < 1.29 is 25.2 Å². The normalized spacial score (nSPS) is 10.4. The zero-order chi connectivity index (χ0) is 22.6. The van der Waals surface area contributed by atoms with E-state index < -0.39 is 0 Å². The minimum atomic E-state index is 0. The van der Waals surface area contributed by atoms with E-state index in [-0.39, 0.29) is 25.9 Å². The first kappa shape index (κ1) is 23.3. The number of aromatic nitrogens is 4. The molecular formula is C28H21IrN4O-. The van der Waals surface area contributed by atoms with Crippen molar-refractivity contribution in [3.05, 3.63) is 115 Å². The van der Waals surface area contributed by atoms with Crippen molar-refractivity contribution in [1.82, 2.24) is 20.0 Å². The molecule has 6 aromatic rings. The van der Waals surface area contributed by atoms with Gasteiger partial charge in [0, 0.05) is 26.3 Å². The van der Waals surface area contributed by atoms with Crippen molar-refractivity contribution in [3.8, 4) is 22.7 Å². The summed E-state index contributed by atoms with van der Waals surface area (Å²) in [5.41, 5.74) is 5.32. The van der Waals surface area contributed by atoms with Crippen LogP contribution in [0.1, 0.15) is 5.56 Å². The second-order valence-electron chi connectivity index (χ2n) is 7.63. The van der Waals surface area contributed by atoms with Crippen LogP contribution in [0.3, 0.4) is 0 Å². The fourth-order valence-electron chi connectivity index (χ4n) is 3.64. The van der Waals surface area contributed by atoms with Crippen LogP contribution >= 0.6 is 0 Å². The zero-order valence-corrected chi connectivity index (χ0v) is 20.8. The van der Waals surface area contributed by atoms with E-state index in [1.54, 1.807) is 6.07 Å². The molecule has 169 valence electrons. The van der Waals surface area contributed by atoms with Gasteiger partial charge in [0.2, 0.25) is 0 Å². The maximum absolute atomic E-state index is 9.81. The van der Waals surface area contributed by atoms with Crippen LogP contribution in [0.4, 0.5) is 0 Å². The van der Waals surface area contributed by atoms with Gasteiger partial charge in [-0.2, -0.15) is 0 Å². The number of aromatic hydroxyl groups is 1. The van der Waals surface area contributed by atoms with Crippen LogP contribution in [0.25, 0.3) is 38.8 Å². The van der Waals surface area contributed by atoms with Crippen LogP contribution in [-0.2, 0) is 20.1 Å². The summed E-state index contributed by atoms with van der Waals surface area (Å²) in [6, 6.07) is 34.4. The molecule has 0 amide bonds. The number of pyridine rings is 1. The minimum Gasteiger partial charge on any atom is -0.506 e. The summed E-state index contributed by atoms with van der Waals surface area (Å²) >= 11 is 0. The Hall–Kier alpha value is -3.86. The molecule has 0 saturated heterocycles. The van der Waals surface area contributed by atoms with Crippen LogP contribution < -0.4 is 0 Å². The maximum atomic E-state index is 9.81. The molecule has 0 bridgehead atoms. The molecule has 0 aliphatic carbocycles. The van der Waals surface area contributed by atoms with Gasteiger partial charge in [-0.25, -0.2) is 0 Å². The van der Waals surface area contributed by atoms with E-state index >= 15 is 0 Å². The van der Waals surface area contributed by atoms with Crippen molar-refractivity contribution in [2.75, 3.05) is 0 Å². The summed E-state index contributed by atoms with van der Waals surface area (Å²) in [7, 11) is 0. The Morgan fingerprint density at radius 2 is 1.50 bits per heavy atom. The summed E-state index contributed by atoms with van der Waals surface area (Å²) < 4.78 is 0. The van der Waals surface area contributed by atoms with Crippen LogP contribution in [0.15, 0.2) is 103 Å². The average Bonchev–Trinajstić information content (AvgIpc) is 3.30. The average molecular weight is 622 g/mol. The van der Waals surface area contributed by atoms with Crippen molar-refractivity contribution >= 4 is 21.8 Å². The van der Waals surface area contributed by atoms with E-state index in [2.05, 4.69) is 33.4 Å². The summed E-state index contributed by atoms with van der Waals surface area (Å²) in [6.07, 6.45) is 1.85. The van der Waals surface area contributed by atoms with Gasteiger partial charge in [-0.3, -0.25) is 0 Å². The summed E-state index contributed by atoms with van der Waals surface area (Å²) in [5.74, 6) is 0.177. The molecule has 0 aliphatic rings. The van der Waals surface area contributed by atoms with E-state index in [1.165, 1.54) is 15.6 Å². The molecule has 6 heteroatoms. The van der Waals surface area contributed by atoms with Crippen LogP contribution in [0, 0.1) is 13.0 Å². The molecule has 0 fully saturated rings. The minimum absolute atomic E-state index is 0. The van der Waals surface area contributed by atoms with E-state index in [0.29, 0.717) is 5.69 Å². The molecule has 0 atom stereocenters. The third-order valence-corrected chi connectivity index (χ3v) is 5.27. The first-order valence-electron chi connectivity index (χ1n) is 10.6. The van der Waals surface area contributed by atoms with Gasteiger partial charge in [0.15, 0.2) is 0 Å². The van der Waals surface area contributed by atoms with Gasteiger partial charge in [0.05, 0.1) is 0 Å². The molecule has 0 saturated carbocycles. The number of phenolic OH excluding ortho intramolecular Hbond substituents is 1. The van der Waals surface area contributed by atoms with Crippen LogP contribution in [0.2, 0.25) is 0 Å². The topological polar surface area (TPSA) is 63.8 Å². The van der Waals surface area contributed by atoms with Gasteiger partial charge in [-0.05, 0) is 59.3 Å². The summed E-state index contributed by atoms with van der Waals surface area (Å²) in [4.78, 5) is 5.91. The number of hydrogen-bond acceptors (Lipinski definition) is 4. The van der Waals surface area contributed by atoms with E-state index in [0.717, 1.165) is 27.9 Å². The van der Waals surface area contributed by atoms with Gasteiger partial charge in [-0.15, -0.1) is 50.9 Å². The molecule has 0 aliphatic heterocycles. The number of rotatable bonds is 2. The first-order valence-corrected chi connectivity index (χ1v) is 10.6. The zero-order valence-electron chi connectivity index (χ0n) is 18.4. The monoisotopic (exact) mass is 622 g/mol. The first-order chi connectivity index (χ1) is 16.2. The molecule has 0 unspecified atom stereocenters. The standard InChI is InChI=1S/C15H10N.C13H11N3O.Ir/c1-2-7-13(8-3-1)15-14-9-5-4-6-12(14)10-11-16-15;1-9-6-7-13(17)12(8-9)16-14-10-4-2-3-5-11(10)15-16;/h1-7,9-11H;2-8,17H,1H3;/q-1;;. The van der Waals surface area contributed by atoms with Crippen molar-refractivity contribution in [2.45, 2.75) is 6.92 Å². The van der Waals surface area contributed by atoms with Gasteiger partial charge >= 0.3 is 0 Å². The number of hydrogen-bond donors (Lipinski definition) is 1. The Balaban J connectivity index is 0.000000157. The molecule has 2 aromatic heterocycles. The molecule has 6 rings (SSSR count). The van der Waals surface area contributed by atoms with Gasteiger partial charge < -0.3 is 10.1 Å². The Bertz CT molecular complexity index is 1510. The number of benzene rings is 4. The Morgan fingerprint density at radius 3 is 2.24 bits per heavy atom. The van der Waals surface area contributed by atoms with Crippen molar-refractivity contribution in [2.24, 2.45) is 0 Å². The molecule has 2 heterocycles. The van der Waals surface area contributed by atoms with Crippen molar-refractivity contribution in [1.29, 1.82) is 0 Å². The molecule has 5 nitrogen and oxygen atoms in total. The largest absolute Gasteiger partial charge is 0.506 e. The van der Waals surface area contributed by atoms with Crippen molar-refractivity contribution in [3.63, 3.8) is 0 Å². The van der Waals surface area contributed by atoms with E-state index in [4.69, 9.17) is 0 Å². The maximum Gasteiger partial charge on any atom is 0.143 e. The van der Waals surface area contributed by atoms with Crippen LogP contribution in [-0.4, -0.2) is 25.1 Å². The van der Waals surface area contributed by atoms with E-state index in [9.17, 15) is 5.11 Å². The number of aryl methyl sites for hydroxylation is 1. The molecule has 1 N–H and O–H groups in total. The summed E-state index contributed by atoms with van der Waals surface area (Å²) in [6.45, 7) is 1.96. The number of fused-ring (bicyclic) bond motifs is 2. The smallest absolute Gasteiger partial charge is 0.143 e. The van der Waals surface area contributed by atoms with Gasteiger partial charge in [-0.1, -0.05) is 42.5 Å². The Morgan fingerprint density at radius 1 is 0.794 bits per heavy atom. The van der Waals surface area contributed by atoms with Gasteiger partial charge in [0.1, 0.15) is 22.5 Å². The predicted molar refractivity (Wildman–Crippen MR) is 131 cm³/mol. The van der Waals surface area contributed by atoms with E-state index in [1.807, 2.05) is 92.0 Å². The summed E-state index contributed by atoms with van der Waals surface area (Å²) in [5, 5.41) is 20.9. The second-order valence-corrected chi connectivity index (χ2v) is 7.63. The Labute approximate surface area is 211 Å². The molecule has 0 spiro atoms. The predicted octanol–water partition coefficient (Wildman–Crippen LogP) is 6.13. The SMILES string of the molecule is Cc1ccc(O)c(-n2nc3ccccc3n2)c1.[Ir].[c-]1ccccc1-c1nccc2ccccc12. The van der Waals surface area contributed by atoms with Gasteiger partial charge in [0.25, 0.3) is 0 Å². The molecular weight excluding hydrogens is 601 g/mol. The third kappa shape index (κ3) is 4.88. The molecule has 34 heavy (non-hydrogen) atoms. The fraction of sp³-hybridized carbons (Fsp3) is 0.0357. The third-order valence-electron chi connectivity index (χ3n) is 5.27. The second kappa shape index (κ2) is 10.4. The van der Waals surface area contributed by atoms with Crippen LogP contribution in [0.5, 0.6) is 5.75 Å². The molecule has 4 aromatic carbocycles. The Kier molecular flexibility index (Phi) is 7.12. The quantitative estimate of drug-likeness (QED) is 0.236. The molecule has 1 radical (unpaired) electrons. The fourth-order valence-corrected chi connectivity index (χ4v) is 3.64.